The minimum absolute atomic E-state index is 0.198. The molecule has 23 heavy (non-hydrogen) atoms. The first-order valence-electron chi connectivity index (χ1n) is 7.74. The van der Waals surface area contributed by atoms with Gasteiger partial charge in [-0.2, -0.15) is 5.10 Å². The molecule has 2 aromatic rings. The summed E-state index contributed by atoms with van der Waals surface area (Å²) < 4.78 is 5.60. The van der Waals surface area contributed by atoms with Crippen LogP contribution in [0.25, 0.3) is 0 Å². The third-order valence-corrected chi connectivity index (χ3v) is 3.30. The molecule has 1 amide bonds. The molecule has 0 aliphatic rings. The lowest BCUT2D eigenvalue weighted by atomic mass is 10.1. The van der Waals surface area contributed by atoms with E-state index in [1.54, 1.807) is 0 Å². The Bertz CT molecular complexity index is 660. The Morgan fingerprint density at radius 1 is 1.22 bits per heavy atom. The lowest BCUT2D eigenvalue weighted by Gasteiger charge is -2.07. The summed E-state index contributed by atoms with van der Waals surface area (Å²) in [7, 11) is 0. The van der Waals surface area contributed by atoms with Crippen molar-refractivity contribution < 1.29 is 9.53 Å². The van der Waals surface area contributed by atoms with Gasteiger partial charge in [0.05, 0.1) is 6.61 Å². The molecule has 0 aliphatic heterocycles. The maximum Gasteiger partial charge on any atom is 0.271 e. The highest BCUT2D eigenvalue weighted by molar-refractivity contribution is 5.91. The SMILES string of the molecule is CCCCOc1ccc(CCNC(=O)c2ccc(=O)[nH]n2)cc1. The summed E-state index contributed by atoms with van der Waals surface area (Å²) in [5.41, 5.74) is 0.981. The zero-order valence-corrected chi connectivity index (χ0v) is 13.2. The monoisotopic (exact) mass is 315 g/mol. The van der Waals surface area contributed by atoms with Crippen LogP contribution in [0.3, 0.4) is 0 Å². The van der Waals surface area contributed by atoms with E-state index in [9.17, 15) is 9.59 Å². The van der Waals surface area contributed by atoms with Crippen LogP contribution in [0.2, 0.25) is 0 Å². The second-order valence-electron chi connectivity index (χ2n) is 5.16. The first kappa shape index (κ1) is 16.7. The Labute approximate surface area is 134 Å². The van der Waals surface area contributed by atoms with Crippen LogP contribution in [0, 0.1) is 0 Å². The fourth-order valence-electron chi connectivity index (χ4n) is 1.97. The second kappa shape index (κ2) is 8.73. The fourth-order valence-corrected chi connectivity index (χ4v) is 1.97. The van der Waals surface area contributed by atoms with Crippen LogP contribution < -0.4 is 15.6 Å². The molecule has 0 saturated heterocycles. The van der Waals surface area contributed by atoms with Gasteiger partial charge >= 0.3 is 0 Å². The zero-order valence-electron chi connectivity index (χ0n) is 13.2. The van der Waals surface area contributed by atoms with Crippen molar-refractivity contribution in [3.8, 4) is 5.75 Å². The van der Waals surface area contributed by atoms with E-state index in [2.05, 4.69) is 22.4 Å². The van der Waals surface area contributed by atoms with Gasteiger partial charge in [0, 0.05) is 12.6 Å². The van der Waals surface area contributed by atoms with E-state index in [-0.39, 0.29) is 17.2 Å². The Balaban J connectivity index is 1.76. The molecule has 0 aliphatic carbocycles. The molecule has 0 bridgehead atoms. The highest BCUT2D eigenvalue weighted by Crippen LogP contribution is 2.12. The highest BCUT2D eigenvalue weighted by atomic mass is 16.5. The Morgan fingerprint density at radius 3 is 2.65 bits per heavy atom. The summed E-state index contributed by atoms with van der Waals surface area (Å²) >= 11 is 0. The van der Waals surface area contributed by atoms with Crippen molar-refractivity contribution >= 4 is 5.91 Å². The van der Waals surface area contributed by atoms with Gasteiger partial charge in [-0.1, -0.05) is 25.5 Å². The van der Waals surface area contributed by atoms with Crippen molar-refractivity contribution in [2.45, 2.75) is 26.2 Å². The average Bonchev–Trinajstić information content (AvgIpc) is 2.57. The van der Waals surface area contributed by atoms with Crippen molar-refractivity contribution in [3.05, 3.63) is 58.0 Å². The van der Waals surface area contributed by atoms with Crippen LogP contribution in [0.5, 0.6) is 5.75 Å². The van der Waals surface area contributed by atoms with Crippen LogP contribution in [0.1, 0.15) is 35.8 Å². The normalized spacial score (nSPS) is 10.3. The van der Waals surface area contributed by atoms with Gasteiger partial charge in [-0.05, 0) is 36.6 Å². The molecule has 0 saturated carbocycles. The van der Waals surface area contributed by atoms with Gasteiger partial charge in [-0.15, -0.1) is 0 Å². The molecular weight excluding hydrogens is 294 g/mol. The number of nitrogens with zero attached hydrogens (tertiary/aromatic N) is 1. The van der Waals surface area contributed by atoms with Gasteiger partial charge in [-0.3, -0.25) is 9.59 Å². The molecule has 2 rings (SSSR count). The number of unbranched alkanes of at least 4 members (excludes halogenated alkanes) is 1. The summed E-state index contributed by atoms with van der Waals surface area (Å²) in [4.78, 5) is 22.7. The van der Waals surface area contributed by atoms with Crippen molar-refractivity contribution in [3.63, 3.8) is 0 Å². The third kappa shape index (κ3) is 5.58. The molecule has 1 aromatic heterocycles. The van der Waals surface area contributed by atoms with E-state index in [0.29, 0.717) is 13.0 Å². The van der Waals surface area contributed by atoms with Crippen molar-refractivity contribution in [1.82, 2.24) is 15.5 Å². The Morgan fingerprint density at radius 2 is 2.00 bits per heavy atom. The average molecular weight is 315 g/mol. The number of rotatable bonds is 8. The minimum atomic E-state index is -0.331. The molecule has 1 aromatic carbocycles. The Kier molecular flexibility index (Phi) is 6.35. The molecular formula is C17H21N3O3. The van der Waals surface area contributed by atoms with E-state index < -0.39 is 0 Å². The van der Waals surface area contributed by atoms with E-state index in [1.807, 2.05) is 24.3 Å². The first-order valence-corrected chi connectivity index (χ1v) is 7.74. The molecule has 0 unspecified atom stereocenters. The molecule has 6 heteroatoms. The molecule has 0 spiro atoms. The fraction of sp³-hybridized carbons (Fsp3) is 0.353. The number of aromatic nitrogens is 2. The van der Waals surface area contributed by atoms with Gasteiger partial charge in [0.25, 0.3) is 11.5 Å². The van der Waals surface area contributed by atoms with Crippen LogP contribution in [-0.4, -0.2) is 29.3 Å². The van der Waals surface area contributed by atoms with Crippen LogP contribution >= 0.6 is 0 Å². The van der Waals surface area contributed by atoms with Crippen LogP contribution in [0.15, 0.2) is 41.2 Å². The van der Waals surface area contributed by atoms with Crippen molar-refractivity contribution in [1.29, 1.82) is 0 Å². The van der Waals surface area contributed by atoms with Crippen LogP contribution in [-0.2, 0) is 6.42 Å². The van der Waals surface area contributed by atoms with Gasteiger partial charge in [0.2, 0.25) is 0 Å². The highest BCUT2D eigenvalue weighted by Gasteiger charge is 2.06. The number of hydrogen-bond acceptors (Lipinski definition) is 4. The third-order valence-electron chi connectivity index (χ3n) is 3.30. The quantitative estimate of drug-likeness (QED) is 0.729. The number of hydrogen-bond donors (Lipinski definition) is 2. The summed E-state index contributed by atoms with van der Waals surface area (Å²) in [6.07, 6.45) is 2.87. The maximum atomic E-state index is 11.8. The van der Waals surface area contributed by atoms with Crippen LogP contribution in [0.4, 0.5) is 0 Å². The van der Waals surface area contributed by atoms with Crippen molar-refractivity contribution in [2.75, 3.05) is 13.2 Å². The number of nitrogens with one attached hydrogen (secondary N) is 2. The first-order chi connectivity index (χ1) is 11.2. The van der Waals surface area contributed by atoms with Crippen molar-refractivity contribution in [2.24, 2.45) is 0 Å². The molecule has 2 N–H and O–H groups in total. The summed E-state index contributed by atoms with van der Waals surface area (Å²) in [5.74, 6) is 0.560. The number of aromatic amines is 1. The number of H-pyrrole nitrogens is 1. The topological polar surface area (TPSA) is 84.1 Å². The van der Waals surface area contributed by atoms with E-state index in [4.69, 9.17) is 4.74 Å². The molecule has 122 valence electrons. The maximum absolute atomic E-state index is 11.8. The lowest BCUT2D eigenvalue weighted by molar-refractivity contribution is 0.0948. The number of ether oxygens (including phenoxy) is 1. The summed E-state index contributed by atoms with van der Waals surface area (Å²) in [6, 6.07) is 10.5. The number of amides is 1. The minimum Gasteiger partial charge on any atom is -0.494 e. The number of benzene rings is 1. The van der Waals surface area contributed by atoms with Gasteiger partial charge < -0.3 is 10.1 Å². The lowest BCUT2D eigenvalue weighted by Crippen LogP contribution is -2.27. The van der Waals surface area contributed by atoms with Gasteiger partial charge in [0.1, 0.15) is 11.4 Å². The van der Waals surface area contributed by atoms with E-state index in [0.717, 1.165) is 30.8 Å². The molecule has 1 heterocycles. The Hall–Kier alpha value is -2.63. The largest absolute Gasteiger partial charge is 0.494 e. The summed E-state index contributed by atoms with van der Waals surface area (Å²) in [6.45, 7) is 3.36. The number of carbonyl (C=O) groups is 1. The smallest absolute Gasteiger partial charge is 0.271 e. The van der Waals surface area contributed by atoms with E-state index in [1.165, 1.54) is 12.1 Å². The molecule has 6 nitrogen and oxygen atoms in total. The second-order valence-corrected chi connectivity index (χ2v) is 5.16. The number of carbonyl (C=O) groups excluding carboxylic acids is 1. The van der Waals surface area contributed by atoms with Gasteiger partial charge in [-0.25, -0.2) is 5.10 Å². The van der Waals surface area contributed by atoms with E-state index >= 15 is 0 Å². The zero-order chi connectivity index (χ0) is 16.5. The molecule has 0 radical (unpaired) electrons. The molecule has 0 fully saturated rings. The standard InChI is InChI=1S/C17H21N3O3/c1-2-3-12-23-14-6-4-13(5-7-14)10-11-18-17(22)15-8-9-16(21)20-19-15/h4-9H,2-3,10-12H2,1H3,(H,18,22)(H,20,21). The predicted molar refractivity (Wildman–Crippen MR) is 87.7 cm³/mol. The van der Waals surface area contributed by atoms with Gasteiger partial charge in [0.15, 0.2) is 0 Å². The summed E-state index contributed by atoms with van der Waals surface area (Å²) in [5, 5.41) is 8.69. The molecule has 0 atom stereocenters. The predicted octanol–water partition coefficient (Wildman–Crippen LogP) is 1.92.